The van der Waals surface area contributed by atoms with E-state index in [4.69, 9.17) is 11.6 Å². The fourth-order valence-corrected chi connectivity index (χ4v) is 4.72. The summed E-state index contributed by atoms with van der Waals surface area (Å²) in [6.07, 6.45) is 0. The van der Waals surface area contributed by atoms with E-state index in [0.29, 0.717) is 17.3 Å². The first kappa shape index (κ1) is 24.1. The number of carboxylic acid groups (broad SMARTS) is 1. The van der Waals surface area contributed by atoms with E-state index in [2.05, 4.69) is 20.8 Å². The molecule has 0 aliphatic rings. The lowest BCUT2D eigenvalue weighted by atomic mass is 10.0. The molecule has 11 heteroatoms. The minimum absolute atomic E-state index is 0.0310. The lowest BCUT2D eigenvalue weighted by molar-refractivity contribution is -0.254. The Morgan fingerprint density at radius 3 is 2.51 bits per heavy atom. The summed E-state index contributed by atoms with van der Waals surface area (Å²) in [5.41, 5.74) is 1.96. The van der Waals surface area contributed by atoms with Crippen molar-refractivity contribution in [3.05, 3.63) is 92.8 Å². The Labute approximate surface area is 209 Å². The molecule has 2 heterocycles. The van der Waals surface area contributed by atoms with Gasteiger partial charge in [0.05, 0.1) is 28.0 Å². The lowest BCUT2D eigenvalue weighted by Gasteiger charge is -2.11. The molecule has 0 saturated carbocycles. The second-order valence-corrected chi connectivity index (χ2v) is 9.04. The van der Waals surface area contributed by atoms with Crippen molar-refractivity contribution in [3.63, 3.8) is 0 Å². The zero-order valence-corrected chi connectivity index (χ0v) is 20.2. The molecular formula is C24H19ClN5O4S-. The van der Waals surface area contributed by atoms with Gasteiger partial charge in [-0.25, -0.2) is 4.79 Å². The number of rotatable bonds is 7. The first-order chi connectivity index (χ1) is 16.7. The van der Waals surface area contributed by atoms with Crippen molar-refractivity contribution >= 4 is 46.4 Å². The van der Waals surface area contributed by atoms with Crippen molar-refractivity contribution < 1.29 is 19.5 Å². The van der Waals surface area contributed by atoms with Gasteiger partial charge in [-0.15, -0.1) is 21.5 Å². The topological polar surface area (TPSA) is 129 Å². The molecule has 0 spiro atoms. The molecule has 2 amide bonds. The smallest absolute Gasteiger partial charge is 0.319 e. The predicted octanol–water partition coefficient (Wildman–Crippen LogP) is 3.52. The van der Waals surface area contributed by atoms with Gasteiger partial charge >= 0.3 is 6.03 Å². The van der Waals surface area contributed by atoms with Crippen LogP contribution in [0, 0.1) is 13.8 Å². The average molecular weight is 509 g/mol. The zero-order chi connectivity index (χ0) is 25.1. The molecule has 4 aromatic rings. The first-order valence-electron chi connectivity index (χ1n) is 10.4. The third kappa shape index (κ3) is 5.23. The Balaban J connectivity index is 1.65. The van der Waals surface area contributed by atoms with E-state index in [1.54, 1.807) is 37.3 Å². The number of benzene rings is 2. The van der Waals surface area contributed by atoms with Crippen molar-refractivity contribution in [3.8, 4) is 5.00 Å². The maximum Gasteiger partial charge on any atom is 0.319 e. The third-order valence-corrected chi connectivity index (χ3v) is 6.48. The number of carboxylic acids is 1. The van der Waals surface area contributed by atoms with Crippen LogP contribution in [0.2, 0.25) is 5.02 Å². The van der Waals surface area contributed by atoms with Crippen LogP contribution in [0.1, 0.15) is 42.8 Å². The van der Waals surface area contributed by atoms with Crippen LogP contribution in [-0.4, -0.2) is 32.5 Å². The number of anilines is 1. The van der Waals surface area contributed by atoms with E-state index in [0.717, 1.165) is 16.9 Å². The maximum atomic E-state index is 13.3. The number of aromatic nitrogens is 3. The molecule has 178 valence electrons. The number of carbonyl (C=O) groups is 3. The van der Waals surface area contributed by atoms with E-state index >= 15 is 0 Å². The molecule has 9 nitrogen and oxygen atoms in total. The average Bonchev–Trinajstić information content (AvgIpc) is 3.41. The monoisotopic (exact) mass is 508 g/mol. The second kappa shape index (κ2) is 10.1. The number of hydrogen-bond donors (Lipinski definition) is 2. The summed E-state index contributed by atoms with van der Waals surface area (Å²) in [4.78, 5) is 37.2. The van der Waals surface area contributed by atoms with Crippen molar-refractivity contribution in [1.82, 2.24) is 20.1 Å². The van der Waals surface area contributed by atoms with E-state index in [9.17, 15) is 19.5 Å². The highest BCUT2D eigenvalue weighted by atomic mass is 35.5. The van der Waals surface area contributed by atoms with E-state index < -0.39 is 17.8 Å². The van der Waals surface area contributed by atoms with Crippen molar-refractivity contribution in [2.75, 3.05) is 5.32 Å². The SMILES string of the molecule is Cc1cccc(NC(=O)NCc2nnc(C)n2-c2sc(C(=O)[O-])cc2C(=O)c2ccccc2Cl)c1. The number of nitrogens with one attached hydrogen (secondary N) is 2. The van der Waals surface area contributed by atoms with Gasteiger partial charge in [0.1, 0.15) is 10.8 Å². The molecular weight excluding hydrogens is 490 g/mol. The number of aryl methyl sites for hydroxylation is 2. The molecule has 0 aliphatic heterocycles. The summed E-state index contributed by atoms with van der Waals surface area (Å²) < 4.78 is 1.54. The Kier molecular flexibility index (Phi) is 6.94. The molecule has 2 aromatic heterocycles. The fourth-order valence-electron chi connectivity index (χ4n) is 3.44. The third-order valence-electron chi connectivity index (χ3n) is 5.05. The molecule has 0 atom stereocenters. The highest BCUT2D eigenvalue weighted by Gasteiger charge is 2.24. The molecule has 0 saturated heterocycles. The minimum Gasteiger partial charge on any atom is -0.544 e. The quantitative estimate of drug-likeness (QED) is 0.367. The standard InChI is InChI=1S/C24H20ClN5O4S/c1-13-6-5-7-15(10-13)27-24(34)26-12-20-29-28-14(2)30(20)22-17(11-19(35-22)23(32)33)21(31)16-8-3-4-9-18(16)25/h3-11H,12H2,1-2H3,(H,32,33)(H2,26,27,34)/p-1. The van der Waals surface area contributed by atoms with Gasteiger partial charge in [-0.3, -0.25) is 9.36 Å². The number of ketones is 1. The molecule has 4 rings (SSSR count). The van der Waals surface area contributed by atoms with Gasteiger partial charge in [0.25, 0.3) is 0 Å². The van der Waals surface area contributed by atoms with Gasteiger partial charge < -0.3 is 20.5 Å². The van der Waals surface area contributed by atoms with Crippen molar-refractivity contribution in [1.29, 1.82) is 0 Å². The van der Waals surface area contributed by atoms with E-state index in [1.807, 2.05) is 25.1 Å². The van der Waals surface area contributed by atoms with E-state index in [-0.39, 0.29) is 32.6 Å². The van der Waals surface area contributed by atoms with Gasteiger partial charge in [0.2, 0.25) is 0 Å². The molecule has 2 N–H and O–H groups in total. The van der Waals surface area contributed by atoms with Gasteiger partial charge in [0.15, 0.2) is 11.6 Å². The van der Waals surface area contributed by atoms with Crippen LogP contribution in [0.25, 0.3) is 5.00 Å². The number of thiophene rings is 1. The summed E-state index contributed by atoms with van der Waals surface area (Å²) in [7, 11) is 0. The van der Waals surface area contributed by atoms with Crippen LogP contribution >= 0.6 is 22.9 Å². The van der Waals surface area contributed by atoms with Gasteiger partial charge in [-0.05, 0) is 49.7 Å². The summed E-state index contributed by atoms with van der Waals surface area (Å²) in [5, 5.41) is 25.7. The minimum atomic E-state index is -1.42. The summed E-state index contributed by atoms with van der Waals surface area (Å²) in [6, 6.07) is 14.6. The van der Waals surface area contributed by atoms with Crippen LogP contribution in [0.5, 0.6) is 0 Å². The molecule has 0 fully saturated rings. The van der Waals surface area contributed by atoms with Crippen molar-refractivity contribution in [2.45, 2.75) is 20.4 Å². The number of nitrogens with zero attached hydrogens (tertiary/aromatic N) is 3. The van der Waals surface area contributed by atoms with Crippen LogP contribution < -0.4 is 15.7 Å². The highest BCUT2D eigenvalue weighted by Crippen LogP contribution is 2.31. The number of amides is 2. The number of hydrogen-bond acceptors (Lipinski definition) is 7. The van der Waals surface area contributed by atoms with Crippen molar-refractivity contribution in [2.24, 2.45) is 0 Å². The zero-order valence-electron chi connectivity index (χ0n) is 18.7. The molecule has 35 heavy (non-hydrogen) atoms. The maximum absolute atomic E-state index is 13.3. The predicted molar refractivity (Wildman–Crippen MR) is 130 cm³/mol. The number of aromatic carboxylic acids is 1. The highest BCUT2D eigenvalue weighted by molar-refractivity contribution is 7.16. The van der Waals surface area contributed by atoms with Crippen LogP contribution in [-0.2, 0) is 6.54 Å². The molecule has 0 radical (unpaired) electrons. The molecule has 0 bridgehead atoms. The number of carbonyl (C=O) groups excluding carboxylic acids is 3. The molecule has 0 aliphatic carbocycles. The number of halogens is 1. The normalized spacial score (nSPS) is 10.7. The Hall–Kier alpha value is -4.02. The first-order valence-corrected chi connectivity index (χ1v) is 11.6. The Bertz CT molecular complexity index is 1450. The molecule has 2 aromatic carbocycles. The Morgan fingerprint density at radius 1 is 1.03 bits per heavy atom. The summed E-state index contributed by atoms with van der Waals surface area (Å²) in [5.74, 6) is -1.17. The van der Waals surface area contributed by atoms with Gasteiger partial charge in [-0.1, -0.05) is 35.9 Å². The lowest BCUT2D eigenvalue weighted by Crippen LogP contribution is -2.29. The second-order valence-electron chi connectivity index (χ2n) is 7.60. The van der Waals surface area contributed by atoms with Crippen LogP contribution in [0.4, 0.5) is 10.5 Å². The number of urea groups is 1. The van der Waals surface area contributed by atoms with Crippen LogP contribution in [0.3, 0.4) is 0 Å². The fraction of sp³-hybridized carbons (Fsp3) is 0.125. The summed E-state index contributed by atoms with van der Waals surface area (Å²) in [6.45, 7) is 3.54. The summed E-state index contributed by atoms with van der Waals surface area (Å²) >= 11 is 7.06. The molecule has 0 unspecified atom stereocenters. The van der Waals surface area contributed by atoms with E-state index in [1.165, 1.54) is 10.6 Å². The largest absolute Gasteiger partial charge is 0.544 e. The van der Waals surface area contributed by atoms with Gasteiger partial charge in [-0.2, -0.15) is 0 Å². The Morgan fingerprint density at radius 2 is 1.80 bits per heavy atom. The van der Waals surface area contributed by atoms with Crippen LogP contribution in [0.15, 0.2) is 54.6 Å². The van der Waals surface area contributed by atoms with Gasteiger partial charge in [0, 0.05) is 11.3 Å².